The first-order chi connectivity index (χ1) is 9.04. The van der Waals surface area contributed by atoms with Crippen LogP contribution < -0.4 is 10.6 Å². The van der Waals surface area contributed by atoms with Crippen LogP contribution >= 0.6 is 0 Å². The van der Waals surface area contributed by atoms with Gasteiger partial charge in [-0.05, 0) is 31.4 Å². The Morgan fingerprint density at radius 1 is 1.26 bits per heavy atom. The fourth-order valence-electron chi connectivity index (χ4n) is 3.04. The largest absolute Gasteiger partial charge is 0.389 e. The van der Waals surface area contributed by atoms with Crippen molar-refractivity contribution in [3.63, 3.8) is 0 Å². The second-order valence-corrected chi connectivity index (χ2v) is 5.97. The van der Waals surface area contributed by atoms with Crippen LogP contribution in [0.15, 0.2) is 30.3 Å². The highest BCUT2D eigenvalue weighted by Crippen LogP contribution is 2.41. The van der Waals surface area contributed by atoms with E-state index in [9.17, 15) is 5.11 Å². The van der Waals surface area contributed by atoms with E-state index in [2.05, 4.69) is 43.0 Å². The fraction of sp³-hybridized carbons (Fsp3) is 0.625. The number of hydrogen-bond donors (Lipinski definition) is 2. The zero-order chi connectivity index (χ0) is 13.9. The zero-order valence-corrected chi connectivity index (χ0v) is 12.1. The molecule has 0 aliphatic carbocycles. The Morgan fingerprint density at radius 3 is 2.32 bits per heavy atom. The summed E-state index contributed by atoms with van der Waals surface area (Å²) in [5.74, 6) is 0. The average Bonchev–Trinajstić information content (AvgIpc) is 2.48. The van der Waals surface area contributed by atoms with E-state index in [-0.39, 0.29) is 5.41 Å². The predicted octanol–water partition coefficient (Wildman–Crippen LogP) is 2.39. The van der Waals surface area contributed by atoms with Crippen LogP contribution in [0.2, 0.25) is 0 Å². The minimum Gasteiger partial charge on any atom is -0.389 e. The molecule has 0 saturated carbocycles. The minimum atomic E-state index is -0.623. The Hall–Kier alpha value is -1.06. The summed E-state index contributed by atoms with van der Waals surface area (Å²) in [6, 6.07) is 10.4. The number of nitrogens with two attached hydrogens (primary N) is 1. The van der Waals surface area contributed by atoms with Crippen LogP contribution in [0, 0.1) is 5.41 Å². The van der Waals surface area contributed by atoms with Crippen molar-refractivity contribution in [2.45, 2.75) is 38.7 Å². The Kier molecular flexibility index (Phi) is 4.16. The molecule has 1 aliphatic heterocycles. The lowest BCUT2D eigenvalue weighted by atomic mass is 9.66. The summed E-state index contributed by atoms with van der Waals surface area (Å²) in [6.45, 7) is 6.58. The fourth-order valence-corrected chi connectivity index (χ4v) is 3.04. The van der Waals surface area contributed by atoms with Gasteiger partial charge >= 0.3 is 0 Å². The normalized spacial score (nSPS) is 22.0. The van der Waals surface area contributed by atoms with Gasteiger partial charge in [0.25, 0.3) is 0 Å². The quantitative estimate of drug-likeness (QED) is 0.876. The van der Waals surface area contributed by atoms with Gasteiger partial charge in [-0.3, -0.25) is 0 Å². The van der Waals surface area contributed by atoms with E-state index in [4.69, 9.17) is 5.73 Å². The molecule has 106 valence electrons. The Bertz CT molecular complexity index is 392. The molecule has 2 rings (SSSR count). The molecule has 3 nitrogen and oxygen atoms in total. The maximum Gasteiger partial charge on any atom is 0.0746 e. The third-order valence-electron chi connectivity index (χ3n) is 5.07. The highest BCUT2D eigenvalue weighted by Gasteiger charge is 2.46. The number of rotatable bonds is 4. The number of aliphatic hydroxyl groups is 1. The number of para-hydroxylation sites is 1. The van der Waals surface area contributed by atoms with Gasteiger partial charge in [0, 0.05) is 30.7 Å². The molecule has 1 aromatic rings. The third kappa shape index (κ3) is 2.63. The molecule has 0 spiro atoms. The van der Waals surface area contributed by atoms with Gasteiger partial charge < -0.3 is 15.7 Å². The highest BCUT2D eigenvalue weighted by atomic mass is 16.3. The molecule has 19 heavy (non-hydrogen) atoms. The topological polar surface area (TPSA) is 49.5 Å². The van der Waals surface area contributed by atoms with Crippen LogP contribution in [0.5, 0.6) is 0 Å². The smallest absolute Gasteiger partial charge is 0.0746 e. The standard InChI is InChI=1S/C16H26N2O/c1-3-15(2,13-17)16(19)9-11-18(12-10-16)14-7-5-4-6-8-14/h4-8,19H,3,9-13,17H2,1-2H3. The summed E-state index contributed by atoms with van der Waals surface area (Å²) >= 11 is 0. The molecule has 1 aromatic carbocycles. The summed E-state index contributed by atoms with van der Waals surface area (Å²) in [6.07, 6.45) is 2.51. The first kappa shape index (κ1) is 14.4. The molecule has 0 bridgehead atoms. The van der Waals surface area contributed by atoms with Crippen molar-refractivity contribution in [1.29, 1.82) is 0 Å². The van der Waals surface area contributed by atoms with Crippen LogP contribution in [-0.2, 0) is 0 Å². The van der Waals surface area contributed by atoms with Crippen molar-refractivity contribution >= 4 is 5.69 Å². The SMILES string of the molecule is CCC(C)(CN)C1(O)CCN(c2ccccc2)CC1. The second kappa shape index (κ2) is 5.51. The van der Waals surface area contributed by atoms with E-state index in [1.54, 1.807) is 0 Å². The van der Waals surface area contributed by atoms with E-state index in [1.165, 1.54) is 5.69 Å². The van der Waals surface area contributed by atoms with Gasteiger partial charge in [-0.1, -0.05) is 32.0 Å². The van der Waals surface area contributed by atoms with Crippen molar-refractivity contribution in [2.75, 3.05) is 24.5 Å². The predicted molar refractivity (Wildman–Crippen MR) is 80.3 cm³/mol. The summed E-state index contributed by atoms with van der Waals surface area (Å²) in [5.41, 5.74) is 6.36. The third-order valence-corrected chi connectivity index (χ3v) is 5.07. The number of anilines is 1. The van der Waals surface area contributed by atoms with E-state index in [1.807, 2.05) is 6.07 Å². The number of hydrogen-bond acceptors (Lipinski definition) is 3. The van der Waals surface area contributed by atoms with Crippen molar-refractivity contribution in [3.05, 3.63) is 30.3 Å². The summed E-state index contributed by atoms with van der Waals surface area (Å²) in [5, 5.41) is 10.9. The van der Waals surface area contributed by atoms with E-state index in [0.717, 1.165) is 32.4 Å². The van der Waals surface area contributed by atoms with Gasteiger partial charge in [0.2, 0.25) is 0 Å². The molecule has 0 amide bonds. The summed E-state index contributed by atoms with van der Waals surface area (Å²) in [7, 11) is 0. The monoisotopic (exact) mass is 262 g/mol. The van der Waals surface area contributed by atoms with E-state index < -0.39 is 5.60 Å². The van der Waals surface area contributed by atoms with Crippen molar-refractivity contribution < 1.29 is 5.11 Å². The molecule has 0 aromatic heterocycles. The molecule has 1 aliphatic rings. The first-order valence-electron chi connectivity index (χ1n) is 7.27. The minimum absolute atomic E-state index is 0.171. The Morgan fingerprint density at radius 2 is 1.84 bits per heavy atom. The van der Waals surface area contributed by atoms with Gasteiger partial charge in [-0.2, -0.15) is 0 Å². The van der Waals surface area contributed by atoms with Crippen molar-refractivity contribution in [2.24, 2.45) is 11.1 Å². The van der Waals surface area contributed by atoms with Gasteiger partial charge in [0.05, 0.1) is 5.60 Å². The molecule has 3 N–H and O–H groups in total. The van der Waals surface area contributed by atoms with E-state index in [0.29, 0.717) is 6.54 Å². The van der Waals surface area contributed by atoms with Crippen LogP contribution in [-0.4, -0.2) is 30.3 Å². The molecule has 3 heteroatoms. The van der Waals surface area contributed by atoms with Gasteiger partial charge in [0.15, 0.2) is 0 Å². The molecular formula is C16H26N2O. The van der Waals surface area contributed by atoms with Gasteiger partial charge in [-0.25, -0.2) is 0 Å². The second-order valence-electron chi connectivity index (χ2n) is 5.97. The maximum atomic E-state index is 10.9. The number of nitrogens with zero attached hydrogens (tertiary/aromatic N) is 1. The van der Waals surface area contributed by atoms with Crippen LogP contribution in [0.1, 0.15) is 33.1 Å². The highest BCUT2D eigenvalue weighted by molar-refractivity contribution is 5.46. The van der Waals surface area contributed by atoms with E-state index >= 15 is 0 Å². The van der Waals surface area contributed by atoms with Crippen molar-refractivity contribution in [1.82, 2.24) is 0 Å². The molecule has 0 radical (unpaired) electrons. The summed E-state index contributed by atoms with van der Waals surface area (Å²) in [4.78, 5) is 2.35. The van der Waals surface area contributed by atoms with Gasteiger partial charge in [0.1, 0.15) is 0 Å². The Balaban J connectivity index is 2.06. The number of piperidine rings is 1. The maximum absolute atomic E-state index is 10.9. The van der Waals surface area contributed by atoms with Gasteiger partial charge in [-0.15, -0.1) is 0 Å². The molecule has 1 fully saturated rings. The Labute approximate surface area is 116 Å². The lowest BCUT2D eigenvalue weighted by Crippen LogP contribution is -2.56. The zero-order valence-electron chi connectivity index (χ0n) is 12.1. The van der Waals surface area contributed by atoms with Crippen LogP contribution in [0.3, 0.4) is 0 Å². The average molecular weight is 262 g/mol. The molecule has 1 unspecified atom stereocenters. The number of benzene rings is 1. The molecular weight excluding hydrogens is 236 g/mol. The first-order valence-corrected chi connectivity index (χ1v) is 7.27. The van der Waals surface area contributed by atoms with Crippen molar-refractivity contribution in [3.8, 4) is 0 Å². The molecule has 1 atom stereocenters. The van der Waals surface area contributed by atoms with Crippen LogP contribution in [0.25, 0.3) is 0 Å². The lowest BCUT2D eigenvalue weighted by Gasteiger charge is -2.49. The lowest BCUT2D eigenvalue weighted by molar-refractivity contribution is -0.0904. The van der Waals surface area contributed by atoms with Crippen LogP contribution in [0.4, 0.5) is 5.69 Å². The molecule has 1 saturated heterocycles. The molecule has 1 heterocycles. The summed E-state index contributed by atoms with van der Waals surface area (Å²) < 4.78 is 0.